The van der Waals surface area contributed by atoms with Gasteiger partial charge >= 0.3 is 0 Å². The molecule has 1 aromatic carbocycles. The van der Waals surface area contributed by atoms with Gasteiger partial charge in [0.05, 0.1) is 0 Å². The number of hydrogen-bond donors (Lipinski definition) is 0. The van der Waals surface area contributed by atoms with Crippen LogP contribution in [0.3, 0.4) is 0 Å². The van der Waals surface area contributed by atoms with Gasteiger partial charge in [0.1, 0.15) is 17.4 Å². The number of likely N-dealkylation sites (tertiary alicyclic amines) is 1. The second-order valence-electron chi connectivity index (χ2n) is 8.46. The lowest BCUT2D eigenvalue weighted by molar-refractivity contribution is -0.133. The Kier molecular flexibility index (Phi) is 6.52. The van der Waals surface area contributed by atoms with Crippen LogP contribution in [0, 0.1) is 6.92 Å². The van der Waals surface area contributed by atoms with Crippen molar-refractivity contribution in [2.75, 3.05) is 13.1 Å². The largest absolute Gasteiger partial charge is 0.342 e. The van der Waals surface area contributed by atoms with Crippen molar-refractivity contribution in [2.24, 2.45) is 0 Å². The zero-order chi connectivity index (χ0) is 21.1. The average molecular weight is 429 g/mol. The molecule has 2 aliphatic rings. The van der Waals surface area contributed by atoms with Crippen molar-refractivity contribution in [3.8, 4) is 0 Å². The third-order valence-electron chi connectivity index (χ3n) is 6.17. The van der Waals surface area contributed by atoms with Crippen LogP contribution in [0.25, 0.3) is 0 Å². The Hall–Kier alpha value is -2.21. The molecule has 0 atom stereocenters. The highest BCUT2D eigenvalue weighted by Gasteiger charge is 2.30. The molecule has 1 aliphatic carbocycles. The molecule has 0 radical (unpaired) electrons. The van der Waals surface area contributed by atoms with Gasteiger partial charge in [-0.2, -0.15) is 0 Å². The third kappa shape index (κ3) is 4.91. The second-order valence-corrected chi connectivity index (χ2v) is 8.87. The molecule has 2 aromatic rings. The number of benzene rings is 1. The SMILES string of the molecule is Cc1c(Cl)cccc1CC(=O)CCc1nnc(CCN2CCCCC2=O)n1C1CC1. The van der Waals surface area contributed by atoms with Crippen molar-refractivity contribution >= 4 is 23.3 Å². The Balaban J connectivity index is 1.36. The van der Waals surface area contributed by atoms with Crippen LogP contribution in [0.5, 0.6) is 0 Å². The molecule has 2 heterocycles. The van der Waals surface area contributed by atoms with Gasteiger partial charge in [0.25, 0.3) is 0 Å². The lowest BCUT2D eigenvalue weighted by atomic mass is 10.0. The Morgan fingerprint density at radius 1 is 1.17 bits per heavy atom. The summed E-state index contributed by atoms with van der Waals surface area (Å²) in [6.07, 6.45) is 7.19. The fourth-order valence-electron chi connectivity index (χ4n) is 4.18. The number of rotatable bonds is 9. The number of amides is 1. The van der Waals surface area contributed by atoms with Crippen LogP contribution in [0.1, 0.15) is 67.3 Å². The summed E-state index contributed by atoms with van der Waals surface area (Å²) < 4.78 is 2.23. The molecule has 1 aromatic heterocycles. The number of ketones is 1. The van der Waals surface area contributed by atoms with Crippen molar-refractivity contribution < 1.29 is 9.59 Å². The number of aromatic nitrogens is 3. The minimum atomic E-state index is 0.186. The molecule has 6 nitrogen and oxygen atoms in total. The van der Waals surface area contributed by atoms with Gasteiger partial charge < -0.3 is 9.47 Å². The number of halogens is 1. The summed E-state index contributed by atoms with van der Waals surface area (Å²) in [5.74, 6) is 2.28. The highest BCUT2D eigenvalue weighted by molar-refractivity contribution is 6.31. The van der Waals surface area contributed by atoms with E-state index in [2.05, 4.69) is 14.8 Å². The van der Waals surface area contributed by atoms with Crippen LogP contribution in [0.4, 0.5) is 0 Å². The molecule has 0 N–H and O–H groups in total. The van der Waals surface area contributed by atoms with Crippen LogP contribution in [-0.2, 0) is 28.9 Å². The van der Waals surface area contributed by atoms with E-state index in [1.807, 2.05) is 30.0 Å². The fraction of sp³-hybridized carbons (Fsp3) is 0.565. The maximum absolute atomic E-state index is 12.6. The highest BCUT2D eigenvalue weighted by Crippen LogP contribution is 2.37. The average Bonchev–Trinajstić information content (AvgIpc) is 3.49. The normalized spacial score (nSPS) is 16.9. The molecule has 1 saturated carbocycles. The summed E-state index contributed by atoms with van der Waals surface area (Å²) in [5, 5.41) is 9.53. The fourth-order valence-corrected chi connectivity index (χ4v) is 4.38. The quantitative estimate of drug-likeness (QED) is 0.607. The maximum atomic E-state index is 12.6. The van der Waals surface area contributed by atoms with E-state index in [0.717, 1.165) is 61.4 Å². The number of aryl methyl sites for hydroxylation is 1. The van der Waals surface area contributed by atoms with Gasteiger partial charge in [0, 0.05) is 56.3 Å². The Labute approximate surface area is 182 Å². The molecule has 1 amide bonds. The van der Waals surface area contributed by atoms with Gasteiger partial charge in [-0.25, -0.2) is 0 Å². The van der Waals surface area contributed by atoms with Gasteiger partial charge in [-0.1, -0.05) is 23.7 Å². The Morgan fingerprint density at radius 3 is 2.67 bits per heavy atom. The first-order valence-corrected chi connectivity index (χ1v) is 11.4. The number of carbonyl (C=O) groups is 2. The number of nitrogens with zero attached hydrogens (tertiary/aromatic N) is 4. The van der Waals surface area contributed by atoms with Crippen molar-refractivity contribution in [1.29, 1.82) is 0 Å². The first kappa shape index (κ1) is 21.0. The molecule has 1 aliphatic heterocycles. The van der Waals surface area contributed by atoms with Gasteiger partial charge in [-0.15, -0.1) is 10.2 Å². The first-order valence-electron chi connectivity index (χ1n) is 11.0. The predicted octanol–water partition coefficient (Wildman–Crippen LogP) is 3.87. The van der Waals surface area contributed by atoms with Crippen molar-refractivity contribution in [3.05, 3.63) is 46.0 Å². The lowest BCUT2D eigenvalue weighted by Crippen LogP contribution is -2.37. The van der Waals surface area contributed by atoms with Gasteiger partial charge in [0.15, 0.2) is 0 Å². The Morgan fingerprint density at radius 2 is 1.93 bits per heavy atom. The van der Waals surface area contributed by atoms with E-state index < -0.39 is 0 Å². The van der Waals surface area contributed by atoms with Crippen LogP contribution < -0.4 is 0 Å². The van der Waals surface area contributed by atoms with Crippen LogP contribution >= 0.6 is 11.6 Å². The van der Waals surface area contributed by atoms with Crippen LogP contribution in [0.2, 0.25) is 5.02 Å². The predicted molar refractivity (Wildman–Crippen MR) is 116 cm³/mol. The minimum absolute atomic E-state index is 0.186. The van der Waals surface area contributed by atoms with Gasteiger partial charge in [-0.3, -0.25) is 9.59 Å². The molecular weight excluding hydrogens is 400 g/mol. The van der Waals surface area contributed by atoms with E-state index >= 15 is 0 Å². The molecular formula is C23H29ClN4O2. The molecule has 0 spiro atoms. The minimum Gasteiger partial charge on any atom is -0.342 e. The van der Waals surface area contributed by atoms with Crippen molar-refractivity contribution in [1.82, 2.24) is 19.7 Å². The zero-order valence-electron chi connectivity index (χ0n) is 17.6. The summed E-state index contributed by atoms with van der Waals surface area (Å²) in [4.78, 5) is 26.6. The molecule has 7 heteroatoms. The van der Waals surface area contributed by atoms with Gasteiger partial charge in [0.2, 0.25) is 5.91 Å². The van der Waals surface area contributed by atoms with Crippen molar-refractivity contribution in [3.63, 3.8) is 0 Å². The van der Waals surface area contributed by atoms with E-state index in [9.17, 15) is 9.59 Å². The van der Waals surface area contributed by atoms with E-state index in [1.54, 1.807) is 0 Å². The smallest absolute Gasteiger partial charge is 0.222 e. The van der Waals surface area contributed by atoms with Crippen LogP contribution in [-0.4, -0.2) is 44.4 Å². The third-order valence-corrected chi connectivity index (χ3v) is 6.58. The molecule has 30 heavy (non-hydrogen) atoms. The molecule has 1 saturated heterocycles. The summed E-state index contributed by atoms with van der Waals surface area (Å²) in [6.45, 7) is 3.51. The number of Topliss-reactive ketones (excluding diaryl/α,β-unsaturated/α-hetero) is 1. The lowest BCUT2D eigenvalue weighted by Gasteiger charge is -2.26. The number of carbonyl (C=O) groups excluding carboxylic acids is 2. The second kappa shape index (κ2) is 9.29. The van der Waals surface area contributed by atoms with Crippen LogP contribution in [0.15, 0.2) is 18.2 Å². The first-order chi connectivity index (χ1) is 14.5. The topological polar surface area (TPSA) is 68.1 Å². The zero-order valence-corrected chi connectivity index (χ0v) is 18.3. The number of hydrogen-bond acceptors (Lipinski definition) is 4. The van der Waals surface area contributed by atoms with E-state index in [1.165, 1.54) is 0 Å². The highest BCUT2D eigenvalue weighted by atomic mass is 35.5. The summed E-state index contributed by atoms with van der Waals surface area (Å²) in [5.41, 5.74) is 1.96. The Bertz CT molecular complexity index is 935. The van der Waals surface area contributed by atoms with E-state index in [-0.39, 0.29) is 11.7 Å². The summed E-state index contributed by atoms with van der Waals surface area (Å²) >= 11 is 6.17. The standard InChI is InChI=1S/C23H29ClN4O2/c1-16-17(5-4-6-20(16)24)15-19(29)10-11-21-25-26-22(28(21)18-8-9-18)12-14-27-13-3-2-7-23(27)30/h4-6,18H,2-3,7-15H2,1H3. The summed E-state index contributed by atoms with van der Waals surface area (Å²) in [6, 6.07) is 6.15. The monoisotopic (exact) mass is 428 g/mol. The molecule has 0 bridgehead atoms. The maximum Gasteiger partial charge on any atom is 0.222 e. The molecule has 2 fully saturated rings. The molecule has 160 valence electrons. The van der Waals surface area contributed by atoms with Gasteiger partial charge in [-0.05, 0) is 49.8 Å². The summed E-state index contributed by atoms with van der Waals surface area (Å²) in [7, 11) is 0. The van der Waals surface area contributed by atoms with E-state index in [0.29, 0.717) is 43.3 Å². The van der Waals surface area contributed by atoms with E-state index in [4.69, 9.17) is 11.6 Å². The number of piperidine rings is 1. The molecule has 0 unspecified atom stereocenters. The molecule has 4 rings (SSSR count). The van der Waals surface area contributed by atoms with Crippen molar-refractivity contribution in [2.45, 2.75) is 70.8 Å².